The highest BCUT2D eigenvalue weighted by atomic mass is 32.2. The van der Waals surface area contributed by atoms with Crippen molar-refractivity contribution in [3.8, 4) is 11.4 Å². The Morgan fingerprint density at radius 1 is 1.00 bits per heavy atom. The Morgan fingerprint density at radius 3 is 2.25 bits per heavy atom. The summed E-state index contributed by atoms with van der Waals surface area (Å²) in [5.74, 6) is -1.85. The van der Waals surface area contributed by atoms with Crippen molar-refractivity contribution < 1.29 is 26.7 Å². The van der Waals surface area contributed by atoms with Gasteiger partial charge in [-0.3, -0.25) is 4.79 Å². The molecule has 10 nitrogen and oxygen atoms in total. The van der Waals surface area contributed by atoms with Crippen LogP contribution in [0.5, 0.6) is 5.75 Å². The molecule has 2 N–H and O–H groups in total. The van der Waals surface area contributed by atoms with Crippen LogP contribution in [0.4, 0.5) is 20.2 Å². The maximum atomic E-state index is 13.9. The highest BCUT2D eigenvalue weighted by molar-refractivity contribution is 7.88. The molecule has 0 atom stereocenters. The Kier molecular flexibility index (Phi) is 7.80. The fraction of sp³-hybridized carbons (Fsp3) is 0.407. The van der Waals surface area contributed by atoms with E-state index >= 15 is 0 Å². The SMILES string of the molecule is COCC1(COc2c(N3CCN(S(=O)(=O)Cc4ccc(N)cc4)CC3)cnn(-c3cc(F)cc(F)c3)c2=O)CC1. The van der Waals surface area contributed by atoms with E-state index in [9.17, 15) is 22.0 Å². The van der Waals surface area contributed by atoms with E-state index in [2.05, 4.69) is 5.10 Å². The molecule has 2 aliphatic rings. The number of methoxy groups -OCH3 is 1. The van der Waals surface area contributed by atoms with Gasteiger partial charge < -0.3 is 20.1 Å². The molecular weight excluding hydrogens is 544 g/mol. The summed E-state index contributed by atoms with van der Waals surface area (Å²) in [7, 11) is -1.98. The second-order valence-electron chi connectivity index (χ2n) is 10.3. The quantitative estimate of drug-likeness (QED) is 0.367. The third kappa shape index (κ3) is 6.11. The molecule has 0 spiro atoms. The first kappa shape index (κ1) is 28.0. The van der Waals surface area contributed by atoms with Crippen LogP contribution in [-0.4, -0.2) is 69.0 Å². The molecule has 1 aliphatic heterocycles. The zero-order valence-corrected chi connectivity index (χ0v) is 22.9. The fourth-order valence-corrected chi connectivity index (χ4v) is 6.31. The molecule has 1 aliphatic carbocycles. The van der Waals surface area contributed by atoms with Gasteiger partial charge in [0.2, 0.25) is 15.8 Å². The van der Waals surface area contributed by atoms with Crippen LogP contribution in [0.3, 0.4) is 0 Å². The van der Waals surface area contributed by atoms with Crippen molar-refractivity contribution in [2.45, 2.75) is 18.6 Å². The second-order valence-corrected chi connectivity index (χ2v) is 12.3. The topological polar surface area (TPSA) is 120 Å². The highest BCUT2D eigenvalue weighted by Crippen LogP contribution is 2.46. The van der Waals surface area contributed by atoms with Crippen LogP contribution >= 0.6 is 0 Å². The average Bonchev–Trinajstić information content (AvgIpc) is 3.68. The van der Waals surface area contributed by atoms with Crippen LogP contribution in [0.1, 0.15) is 18.4 Å². The zero-order chi connectivity index (χ0) is 28.5. The lowest BCUT2D eigenvalue weighted by atomic mass is 10.1. The summed E-state index contributed by atoms with van der Waals surface area (Å²) >= 11 is 0. The zero-order valence-electron chi connectivity index (χ0n) is 22.1. The first-order valence-corrected chi connectivity index (χ1v) is 14.5. The van der Waals surface area contributed by atoms with E-state index in [1.54, 1.807) is 31.4 Å². The lowest BCUT2D eigenvalue weighted by Gasteiger charge is -2.35. The summed E-state index contributed by atoms with van der Waals surface area (Å²) in [6.45, 7) is 1.67. The third-order valence-corrected chi connectivity index (χ3v) is 9.09. The van der Waals surface area contributed by atoms with Crippen LogP contribution in [0, 0.1) is 17.0 Å². The van der Waals surface area contributed by atoms with Crippen LogP contribution < -0.4 is 20.9 Å². The highest BCUT2D eigenvalue weighted by Gasteiger charge is 2.44. The second kappa shape index (κ2) is 11.1. The molecule has 2 heterocycles. The van der Waals surface area contributed by atoms with Gasteiger partial charge in [-0.05, 0) is 42.7 Å². The van der Waals surface area contributed by atoms with E-state index in [-0.39, 0.29) is 42.3 Å². The number of hydrogen-bond donors (Lipinski definition) is 1. The standard InChI is InChI=1S/C27H31F2N5O5S/c1-38-17-27(6-7-27)18-39-25-24(15-31-34(26(25)35)23-13-20(28)12-21(29)14-23)32-8-10-33(11-9-32)40(36,37)16-19-2-4-22(30)5-3-19/h2-5,12-15H,6-11,16-18,30H2,1H3. The summed E-state index contributed by atoms with van der Waals surface area (Å²) in [6, 6.07) is 9.44. The van der Waals surface area contributed by atoms with E-state index in [4.69, 9.17) is 15.2 Å². The van der Waals surface area contributed by atoms with Crippen molar-refractivity contribution in [3.63, 3.8) is 0 Å². The Hall–Kier alpha value is -3.55. The summed E-state index contributed by atoms with van der Waals surface area (Å²) in [5.41, 5.74) is 6.34. The molecule has 3 aromatic rings. The molecule has 214 valence electrons. The number of nitrogens with zero attached hydrogens (tertiary/aromatic N) is 4. The number of nitrogen functional groups attached to an aromatic ring is 1. The number of piperazine rings is 1. The average molecular weight is 576 g/mol. The van der Waals surface area contributed by atoms with Gasteiger partial charge in [-0.2, -0.15) is 14.1 Å². The minimum absolute atomic E-state index is 0.0137. The molecule has 40 heavy (non-hydrogen) atoms. The van der Waals surface area contributed by atoms with Crippen molar-refractivity contribution in [2.75, 3.05) is 57.1 Å². The molecule has 5 rings (SSSR count). The van der Waals surface area contributed by atoms with Gasteiger partial charge >= 0.3 is 5.56 Å². The van der Waals surface area contributed by atoms with Gasteiger partial charge in [0.05, 0.1) is 30.9 Å². The molecule has 13 heteroatoms. The Bertz CT molecular complexity index is 1520. The van der Waals surface area contributed by atoms with Crippen LogP contribution in [0.2, 0.25) is 0 Å². The first-order chi connectivity index (χ1) is 19.1. The van der Waals surface area contributed by atoms with Gasteiger partial charge in [-0.1, -0.05) is 12.1 Å². The number of anilines is 2. The van der Waals surface area contributed by atoms with E-state index in [0.29, 0.717) is 42.7 Å². The van der Waals surface area contributed by atoms with E-state index in [0.717, 1.165) is 29.7 Å². The molecule has 0 radical (unpaired) electrons. The predicted molar refractivity (Wildman–Crippen MR) is 146 cm³/mol. The minimum Gasteiger partial charge on any atom is -0.486 e. The summed E-state index contributed by atoms with van der Waals surface area (Å²) in [5, 5.41) is 4.18. The number of benzene rings is 2. The van der Waals surface area contributed by atoms with Gasteiger partial charge in [0.15, 0.2) is 0 Å². The maximum Gasteiger partial charge on any atom is 0.316 e. The third-order valence-electron chi connectivity index (χ3n) is 7.24. The van der Waals surface area contributed by atoms with Gasteiger partial charge in [-0.15, -0.1) is 0 Å². The maximum absolute atomic E-state index is 13.9. The summed E-state index contributed by atoms with van der Waals surface area (Å²) < 4.78 is 67.6. The van der Waals surface area contributed by atoms with Gasteiger partial charge in [0, 0.05) is 50.5 Å². The predicted octanol–water partition coefficient (Wildman–Crippen LogP) is 2.55. The van der Waals surface area contributed by atoms with Crippen LogP contribution in [0.25, 0.3) is 5.69 Å². The molecule has 1 saturated heterocycles. The number of halogens is 2. The number of rotatable bonds is 10. The van der Waals surface area contributed by atoms with E-state index < -0.39 is 27.2 Å². The van der Waals surface area contributed by atoms with Gasteiger partial charge in [0.25, 0.3) is 0 Å². The van der Waals surface area contributed by atoms with E-state index in [1.807, 2.05) is 4.90 Å². The van der Waals surface area contributed by atoms with Crippen molar-refractivity contribution in [1.29, 1.82) is 0 Å². The first-order valence-electron chi connectivity index (χ1n) is 12.9. The van der Waals surface area contributed by atoms with Crippen molar-refractivity contribution in [3.05, 3.63) is 76.2 Å². The van der Waals surface area contributed by atoms with Gasteiger partial charge in [0.1, 0.15) is 17.3 Å². The monoisotopic (exact) mass is 575 g/mol. The number of hydrogen-bond acceptors (Lipinski definition) is 8. The molecule has 2 fully saturated rings. The molecule has 0 bridgehead atoms. The van der Waals surface area contributed by atoms with Crippen molar-refractivity contribution >= 4 is 21.4 Å². The van der Waals surface area contributed by atoms with Crippen molar-refractivity contribution in [1.82, 2.24) is 14.1 Å². The van der Waals surface area contributed by atoms with Crippen LogP contribution in [-0.2, 0) is 20.5 Å². The molecule has 0 unspecified atom stereocenters. The number of aromatic nitrogens is 2. The van der Waals surface area contributed by atoms with Crippen LogP contribution in [0.15, 0.2) is 53.5 Å². The largest absolute Gasteiger partial charge is 0.486 e. The molecule has 1 aromatic heterocycles. The molecule has 2 aromatic carbocycles. The lowest BCUT2D eigenvalue weighted by Crippen LogP contribution is -2.49. The Balaban J connectivity index is 1.38. The molecule has 1 saturated carbocycles. The summed E-state index contributed by atoms with van der Waals surface area (Å²) in [6.07, 6.45) is 3.18. The van der Waals surface area contributed by atoms with E-state index in [1.165, 1.54) is 10.5 Å². The fourth-order valence-electron chi connectivity index (χ4n) is 4.80. The molecular formula is C27H31F2N5O5S. The summed E-state index contributed by atoms with van der Waals surface area (Å²) in [4.78, 5) is 15.4. The smallest absolute Gasteiger partial charge is 0.316 e. The number of ether oxygens (including phenoxy) is 2. The number of sulfonamides is 1. The molecule has 0 amide bonds. The Morgan fingerprint density at radius 2 is 1.65 bits per heavy atom. The Labute approximate surface area is 231 Å². The normalized spacial score (nSPS) is 17.1. The van der Waals surface area contributed by atoms with Crippen molar-refractivity contribution in [2.24, 2.45) is 5.41 Å². The van der Waals surface area contributed by atoms with Gasteiger partial charge in [-0.25, -0.2) is 17.2 Å². The number of nitrogens with two attached hydrogens (primary N) is 1. The minimum atomic E-state index is -3.58. The lowest BCUT2D eigenvalue weighted by molar-refractivity contribution is 0.104.